The molecule has 1 aromatic rings. The Labute approximate surface area is 93.9 Å². The summed E-state index contributed by atoms with van der Waals surface area (Å²) in [4.78, 5) is 11.5. The van der Waals surface area contributed by atoms with Gasteiger partial charge in [0, 0.05) is 13.2 Å². The van der Waals surface area contributed by atoms with Gasteiger partial charge >= 0.3 is 0 Å². The molecule has 1 heterocycles. The number of carbonyl (C=O) groups excluding carboxylic acids is 1. The Hall–Kier alpha value is -1.85. The SMILES string of the molecule is CNC(=O)/C(=N/O)C(C)(C)n1ccc(C)n1. The first-order chi connectivity index (χ1) is 7.43. The summed E-state index contributed by atoms with van der Waals surface area (Å²) in [5.41, 5.74) is 0.0451. The van der Waals surface area contributed by atoms with E-state index < -0.39 is 11.4 Å². The number of hydrogen-bond acceptors (Lipinski definition) is 4. The van der Waals surface area contributed by atoms with E-state index in [1.165, 1.54) is 7.05 Å². The van der Waals surface area contributed by atoms with Gasteiger partial charge in [-0.05, 0) is 26.8 Å². The molecule has 2 N–H and O–H groups in total. The van der Waals surface area contributed by atoms with Crippen LogP contribution >= 0.6 is 0 Å². The van der Waals surface area contributed by atoms with Gasteiger partial charge in [-0.3, -0.25) is 9.48 Å². The van der Waals surface area contributed by atoms with Gasteiger partial charge in [-0.2, -0.15) is 5.10 Å². The number of amides is 1. The number of carbonyl (C=O) groups is 1. The van der Waals surface area contributed by atoms with Crippen molar-refractivity contribution in [3.05, 3.63) is 18.0 Å². The van der Waals surface area contributed by atoms with Crippen LogP contribution in [0.25, 0.3) is 0 Å². The summed E-state index contributed by atoms with van der Waals surface area (Å²) in [5.74, 6) is -0.430. The second-order valence-corrected chi connectivity index (χ2v) is 3.99. The molecule has 0 aliphatic rings. The van der Waals surface area contributed by atoms with Crippen LogP contribution < -0.4 is 5.32 Å². The number of nitrogens with zero attached hydrogens (tertiary/aromatic N) is 3. The van der Waals surface area contributed by atoms with Gasteiger partial charge in [0.1, 0.15) is 5.54 Å². The highest BCUT2D eigenvalue weighted by molar-refractivity contribution is 6.41. The first-order valence-electron chi connectivity index (χ1n) is 4.91. The van der Waals surface area contributed by atoms with Gasteiger partial charge in [0.15, 0.2) is 5.71 Å². The minimum Gasteiger partial charge on any atom is -0.410 e. The lowest BCUT2D eigenvalue weighted by Crippen LogP contribution is -2.45. The van der Waals surface area contributed by atoms with Gasteiger partial charge < -0.3 is 10.5 Å². The van der Waals surface area contributed by atoms with Gasteiger partial charge in [-0.25, -0.2) is 0 Å². The predicted molar refractivity (Wildman–Crippen MR) is 59.6 cm³/mol. The summed E-state index contributed by atoms with van der Waals surface area (Å²) < 4.78 is 1.59. The number of aromatic nitrogens is 2. The van der Waals surface area contributed by atoms with Crippen LogP contribution in [-0.2, 0) is 10.3 Å². The normalized spacial score (nSPS) is 12.6. The van der Waals surface area contributed by atoms with E-state index in [-0.39, 0.29) is 5.71 Å². The van der Waals surface area contributed by atoms with Crippen LogP contribution in [0.5, 0.6) is 0 Å². The molecule has 0 spiro atoms. The quantitative estimate of drug-likeness (QED) is 0.446. The Morgan fingerprint density at radius 3 is 2.62 bits per heavy atom. The van der Waals surface area contributed by atoms with Crippen LogP contribution in [0.15, 0.2) is 17.4 Å². The van der Waals surface area contributed by atoms with Gasteiger partial charge in [-0.1, -0.05) is 5.16 Å². The molecule has 0 unspecified atom stereocenters. The van der Waals surface area contributed by atoms with E-state index in [2.05, 4.69) is 15.6 Å². The van der Waals surface area contributed by atoms with Crippen molar-refractivity contribution in [1.82, 2.24) is 15.1 Å². The van der Waals surface area contributed by atoms with E-state index in [9.17, 15) is 4.79 Å². The third kappa shape index (κ3) is 2.05. The molecule has 1 amide bonds. The fraction of sp³-hybridized carbons (Fsp3) is 0.500. The summed E-state index contributed by atoms with van der Waals surface area (Å²) in [6, 6.07) is 1.82. The lowest BCUT2D eigenvalue weighted by Gasteiger charge is -2.25. The largest absolute Gasteiger partial charge is 0.410 e. The van der Waals surface area contributed by atoms with E-state index in [0.717, 1.165) is 5.69 Å². The number of hydrogen-bond donors (Lipinski definition) is 2. The molecule has 88 valence electrons. The number of nitrogens with one attached hydrogen (secondary N) is 1. The minimum absolute atomic E-state index is 0.0121. The van der Waals surface area contributed by atoms with Crippen molar-refractivity contribution in [3.63, 3.8) is 0 Å². The molecule has 0 aliphatic carbocycles. The molecule has 1 rings (SSSR count). The lowest BCUT2D eigenvalue weighted by molar-refractivity contribution is -0.114. The maximum atomic E-state index is 11.5. The van der Waals surface area contributed by atoms with E-state index in [1.807, 2.05) is 13.0 Å². The van der Waals surface area contributed by atoms with Crippen LogP contribution in [0.4, 0.5) is 0 Å². The zero-order valence-corrected chi connectivity index (χ0v) is 9.85. The number of rotatable bonds is 3. The van der Waals surface area contributed by atoms with Crippen LogP contribution in [0.1, 0.15) is 19.5 Å². The second-order valence-electron chi connectivity index (χ2n) is 3.99. The zero-order valence-electron chi connectivity index (χ0n) is 9.85. The highest BCUT2D eigenvalue weighted by Gasteiger charge is 2.33. The molecular weight excluding hydrogens is 208 g/mol. The van der Waals surface area contributed by atoms with Crippen molar-refractivity contribution < 1.29 is 10.0 Å². The average molecular weight is 224 g/mol. The molecular formula is C10H16N4O2. The molecule has 0 bridgehead atoms. The first-order valence-corrected chi connectivity index (χ1v) is 4.91. The summed E-state index contributed by atoms with van der Waals surface area (Å²) in [6.45, 7) is 5.36. The van der Waals surface area contributed by atoms with E-state index >= 15 is 0 Å². The van der Waals surface area contributed by atoms with E-state index in [0.29, 0.717) is 0 Å². The zero-order chi connectivity index (χ0) is 12.3. The second kappa shape index (κ2) is 4.34. The van der Waals surface area contributed by atoms with Crippen LogP contribution in [0.2, 0.25) is 0 Å². The number of aryl methyl sites for hydroxylation is 1. The Morgan fingerprint density at radius 2 is 2.25 bits per heavy atom. The Morgan fingerprint density at radius 1 is 1.62 bits per heavy atom. The molecule has 0 aliphatic heterocycles. The van der Waals surface area contributed by atoms with Gasteiger partial charge in [0.25, 0.3) is 5.91 Å². The predicted octanol–water partition coefficient (Wildman–Crippen LogP) is 0.503. The fourth-order valence-corrected chi connectivity index (χ4v) is 1.40. The molecule has 6 heteroatoms. The van der Waals surface area contributed by atoms with Crippen molar-refractivity contribution >= 4 is 11.6 Å². The smallest absolute Gasteiger partial charge is 0.271 e. The third-order valence-corrected chi connectivity index (χ3v) is 2.42. The standard InChI is InChI=1S/C10H16N4O2/c1-7-5-6-14(12-7)10(2,3)8(13-16)9(15)11-4/h5-6,16H,1-4H3,(H,11,15)/b13-8-. The molecule has 0 fully saturated rings. The van der Waals surface area contributed by atoms with Crippen molar-refractivity contribution in [3.8, 4) is 0 Å². The molecule has 0 radical (unpaired) electrons. The van der Waals surface area contributed by atoms with Crippen LogP contribution in [-0.4, -0.2) is 33.7 Å². The molecule has 0 saturated carbocycles. The molecule has 0 atom stereocenters. The van der Waals surface area contributed by atoms with Crippen molar-refractivity contribution in [2.45, 2.75) is 26.3 Å². The monoisotopic (exact) mass is 224 g/mol. The minimum atomic E-state index is -0.802. The molecule has 1 aromatic heterocycles. The van der Waals surface area contributed by atoms with E-state index in [1.54, 1.807) is 24.7 Å². The topological polar surface area (TPSA) is 79.5 Å². The lowest BCUT2D eigenvalue weighted by atomic mass is 9.98. The third-order valence-electron chi connectivity index (χ3n) is 2.42. The fourth-order valence-electron chi connectivity index (χ4n) is 1.40. The first kappa shape index (κ1) is 12.2. The summed E-state index contributed by atoms with van der Waals surface area (Å²) in [7, 11) is 1.48. The van der Waals surface area contributed by atoms with Gasteiger partial charge in [-0.15, -0.1) is 0 Å². The molecule has 16 heavy (non-hydrogen) atoms. The summed E-state index contributed by atoms with van der Waals surface area (Å²) >= 11 is 0. The van der Waals surface area contributed by atoms with Gasteiger partial charge in [0.2, 0.25) is 0 Å². The highest BCUT2D eigenvalue weighted by Crippen LogP contribution is 2.17. The number of oxime groups is 1. The Kier molecular flexibility index (Phi) is 3.31. The Bertz CT molecular complexity index is 420. The highest BCUT2D eigenvalue weighted by atomic mass is 16.4. The Balaban J connectivity index is 3.14. The van der Waals surface area contributed by atoms with Crippen LogP contribution in [0.3, 0.4) is 0 Å². The van der Waals surface area contributed by atoms with E-state index in [4.69, 9.17) is 5.21 Å². The average Bonchev–Trinajstić information content (AvgIpc) is 2.65. The maximum Gasteiger partial charge on any atom is 0.271 e. The summed E-state index contributed by atoms with van der Waals surface area (Å²) in [6.07, 6.45) is 1.74. The molecule has 6 nitrogen and oxygen atoms in total. The molecule has 0 saturated heterocycles. The van der Waals surface area contributed by atoms with Crippen molar-refractivity contribution in [1.29, 1.82) is 0 Å². The maximum absolute atomic E-state index is 11.5. The summed E-state index contributed by atoms with van der Waals surface area (Å²) in [5, 5.41) is 18.6. The van der Waals surface area contributed by atoms with Crippen molar-refractivity contribution in [2.75, 3.05) is 7.05 Å². The van der Waals surface area contributed by atoms with Gasteiger partial charge in [0.05, 0.1) is 5.69 Å². The van der Waals surface area contributed by atoms with Crippen molar-refractivity contribution in [2.24, 2.45) is 5.16 Å². The van der Waals surface area contributed by atoms with Crippen LogP contribution in [0, 0.1) is 6.92 Å². The molecule has 0 aromatic carbocycles.